The Kier molecular flexibility index (Phi) is 8.86. The number of anilines is 1. The minimum absolute atomic E-state index is 0.405. The first-order valence-electron chi connectivity index (χ1n) is 10.8. The lowest BCUT2D eigenvalue weighted by Crippen LogP contribution is -2.25. The number of pyridine rings is 1. The Morgan fingerprint density at radius 2 is 1.87 bits per heavy atom. The molecule has 1 heterocycles. The van der Waals surface area contributed by atoms with Gasteiger partial charge in [0.1, 0.15) is 0 Å². The number of hydrogen-bond acceptors (Lipinski definition) is 4. The van der Waals surface area contributed by atoms with Gasteiger partial charge in [-0.2, -0.15) is 0 Å². The average Bonchev–Trinajstić information content (AvgIpc) is 2.76. The summed E-state index contributed by atoms with van der Waals surface area (Å²) in [5, 5.41) is 5.60. The van der Waals surface area contributed by atoms with Crippen LogP contribution in [-0.2, 0) is 5.75 Å². The van der Waals surface area contributed by atoms with E-state index >= 15 is 0 Å². The Labute approximate surface area is 190 Å². The molecule has 3 aromatic rings. The number of aromatic nitrogens is 1. The van der Waals surface area contributed by atoms with Gasteiger partial charge in [-0.1, -0.05) is 55.8 Å². The van der Waals surface area contributed by atoms with Gasteiger partial charge < -0.3 is 10.2 Å². The van der Waals surface area contributed by atoms with Crippen molar-refractivity contribution in [3.63, 3.8) is 0 Å². The van der Waals surface area contributed by atoms with Crippen molar-refractivity contribution >= 4 is 40.0 Å². The van der Waals surface area contributed by atoms with Crippen molar-refractivity contribution in [1.29, 1.82) is 0 Å². The van der Waals surface area contributed by atoms with Crippen molar-refractivity contribution < 1.29 is 0 Å². The second-order valence-electron chi connectivity index (χ2n) is 7.65. The molecule has 2 aromatic carbocycles. The minimum Gasteiger partial charge on any atom is -0.382 e. The summed E-state index contributed by atoms with van der Waals surface area (Å²) >= 11 is 8.34. The molecule has 0 aliphatic heterocycles. The van der Waals surface area contributed by atoms with Crippen LogP contribution in [0.1, 0.15) is 39.2 Å². The number of hydrogen-bond donors (Lipinski definition) is 1. The van der Waals surface area contributed by atoms with Crippen LogP contribution in [0.25, 0.3) is 10.9 Å². The molecule has 3 rings (SSSR count). The molecule has 0 radical (unpaired) electrons. The van der Waals surface area contributed by atoms with Gasteiger partial charge in [0.15, 0.2) is 0 Å². The molecule has 1 N–H and O–H groups in total. The zero-order valence-corrected chi connectivity index (χ0v) is 19.8. The number of benzene rings is 2. The molecule has 160 valence electrons. The number of thioether (sulfide) groups is 1. The standard InChI is InChI=1S/C25H32ClN3S/c1-4-29(5-2)15-9-10-19(3)28-23-13-14-27-24-17-22(26)25(16-21(23)24)30-18-20-11-7-6-8-12-20/h6-8,11-14,16-17,19H,4-5,9-10,15,18H2,1-3H3,(H,27,28). The molecule has 1 atom stereocenters. The van der Waals surface area contributed by atoms with Gasteiger partial charge in [-0.3, -0.25) is 4.98 Å². The van der Waals surface area contributed by atoms with Crippen molar-refractivity contribution in [2.75, 3.05) is 25.0 Å². The molecule has 1 unspecified atom stereocenters. The van der Waals surface area contributed by atoms with Gasteiger partial charge in [-0.05, 0) is 63.2 Å². The second-order valence-corrected chi connectivity index (χ2v) is 9.07. The minimum atomic E-state index is 0.405. The van der Waals surface area contributed by atoms with Crippen molar-refractivity contribution in [2.24, 2.45) is 0 Å². The van der Waals surface area contributed by atoms with Crippen LogP contribution >= 0.6 is 23.4 Å². The fourth-order valence-corrected chi connectivity index (χ4v) is 4.85. The quantitative estimate of drug-likeness (QED) is 0.321. The number of nitrogens with one attached hydrogen (secondary N) is 1. The Bertz CT molecular complexity index is 928. The Morgan fingerprint density at radius 3 is 2.60 bits per heavy atom. The zero-order valence-electron chi connectivity index (χ0n) is 18.2. The summed E-state index contributed by atoms with van der Waals surface area (Å²) in [6.45, 7) is 10.1. The normalized spacial score (nSPS) is 12.4. The molecule has 0 saturated heterocycles. The molecule has 0 aliphatic rings. The van der Waals surface area contributed by atoms with Crippen molar-refractivity contribution in [3.8, 4) is 0 Å². The van der Waals surface area contributed by atoms with Gasteiger partial charge in [0, 0.05) is 34.0 Å². The van der Waals surface area contributed by atoms with Crippen LogP contribution in [0.5, 0.6) is 0 Å². The third-order valence-electron chi connectivity index (χ3n) is 5.44. The maximum absolute atomic E-state index is 6.57. The van der Waals surface area contributed by atoms with E-state index in [1.165, 1.54) is 12.0 Å². The van der Waals surface area contributed by atoms with E-state index in [9.17, 15) is 0 Å². The van der Waals surface area contributed by atoms with Crippen molar-refractivity contribution in [3.05, 3.63) is 65.3 Å². The predicted octanol–water partition coefficient (Wildman–Crippen LogP) is 7.10. The van der Waals surface area contributed by atoms with E-state index in [-0.39, 0.29) is 0 Å². The summed E-state index contributed by atoms with van der Waals surface area (Å²) in [7, 11) is 0. The van der Waals surface area contributed by atoms with E-state index in [2.05, 4.69) is 72.4 Å². The summed E-state index contributed by atoms with van der Waals surface area (Å²) in [6.07, 6.45) is 4.20. The van der Waals surface area contributed by atoms with Crippen molar-refractivity contribution in [2.45, 2.75) is 50.3 Å². The Hall–Kier alpha value is -1.75. The maximum Gasteiger partial charge on any atom is 0.0738 e. The molecule has 3 nitrogen and oxygen atoms in total. The smallest absolute Gasteiger partial charge is 0.0738 e. The summed E-state index contributed by atoms with van der Waals surface area (Å²) in [6, 6.07) is 17.1. The molecule has 0 fully saturated rings. The first-order chi connectivity index (χ1) is 14.6. The third kappa shape index (κ3) is 6.37. The highest BCUT2D eigenvalue weighted by atomic mass is 35.5. The first-order valence-corrected chi connectivity index (χ1v) is 12.2. The average molecular weight is 442 g/mol. The van der Waals surface area contributed by atoms with Crippen LogP contribution in [0, 0.1) is 0 Å². The van der Waals surface area contributed by atoms with Crippen LogP contribution < -0.4 is 5.32 Å². The van der Waals surface area contributed by atoms with Gasteiger partial charge in [0.05, 0.1) is 10.5 Å². The van der Waals surface area contributed by atoms with E-state index < -0.39 is 0 Å². The summed E-state index contributed by atoms with van der Waals surface area (Å²) in [5.41, 5.74) is 3.36. The Balaban J connectivity index is 1.70. The monoisotopic (exact) mass is 441 g/mol. The lowest BCUT2D eigenvalue weighted by molar-refractivity contribution is 0.295. The molecule has 0 bridgehead atoms. The molecular weight excluding hydrogens is 410 g/mol. The van der Waals surface area contributed by atoms with E-state index in [1.807, 2.05) is 18.3 Å². The molecule has 0 saturated carbocycles. The number of fused-ring (bicyclic) bond motifs is 1. The van der Waals surface area contributed by atoms with E-state index in [0.717, 1.165) is 58.3 Å². The number of halogens is 1. The van der Waals surface area contributed by atoms with Crippen LogP contribution in [0.15, 0.2) is 59.6 Å². The highest BCUT2D eigenvalue weighted by Gasteiger charge is 2.11. The summed E-state index contributed by atoms with van der Waals surface area (Å²) in [4.78, 5) is 8.11. The molecule has 0 spiro atoms. The zero-order chi connectivity index (χ0) is 21.3. The van der Waals surface area contributed by atoms with Crippen molar-refractivity contribution in [1.82, 2.24) is 9.88 Å². The highest BCUT2D eigenvalue weighted by molar-refractivity contribution is 7.98. The number of nitrogens with zero attached hydrogens (tertiary/aromatic N) is 2. The van der Waals surface area contributed by atoms with Gasteiger partial charge >= 0.3 is 0 Å². The Morgan fingerprint density at radius 1 is 1.10 bits per heavy atom. The van der Waals surface area contributed by atoms with Gasteiger partial charge in [0.25, 0.3) is 0 Å². The molecule has 5 heteroatoms. The molecule has 1 aromatic heterocycles. The van der Waals surface area contributed by atoms with E-state index in [1.54, 1.807) is 11.8 Å². The van der Waals surface area contributed by atoms with E-state index in [0.29, 0.717) is 6.04 Å². The SMILES string of the molecule is CCN(CC)CCCC(C)Nc1ccnc2cc(Cl)c(SCc3ccccc3)cc12. The lowest BCUT2D eigenvalue weighted by Gasteiger charge is -2.21. The lowest BCUT2D eigenvalue weighted by atomic mass is 10.1. The third-order valence-corrected chi connectivity index (χ3v) is 6.99. The fraction of sp³-hybridized carbons (Fsp3) is 0.400. The first kappa shape index (κ1) is 22.9. The highest BCUT2D eigenvalue weighted by Crippen LogP contribution is 2.35. The van der Waals surface area contributed by atoms with Gasteiger partial charge in [0.2, 0.25) is 0 Å². The maximum atomic E-state index is 6.57. The number of rotatable bonds is 11. The van der Waals surface area contributed by atoms with Crippen LogP contribution in [0.4, 0.5) is 5.69 Å². The molecular formula is C25H32ClN3S. The van der Waals surface area contributed by atoms with E-state index in [4.69, 9.17) is 11.6 Å². The second kappa shape index (κ2) is 11.6. The molecule has 0 aliphatic carbocycles. The summed E-state index contributed by atoms with van der Waals surface area (Å²) < 4.78 is 0. The van der Waals surface area contributed by atoms with Crippen LogP contribution in [0.2, 0.25) is 5.02 Å². The van der Waals surface area contributed by atoms with Gasteiger partial charge in [-0.15, -0.1) is 11.8 Å². The fourth-order valence-electron chi connectivity index (χ4n) is 3.62. The predicted molar refractivity (Wildman–Crippen MR) is 133 cm³/mol. The summed E-state index contributed by atoms with van der Waals surface area (Å²) in [5.74, 6) is 0.900. The van der Waals surface area contributed by atoms with Crippen LogP contribution in [-0.4, -0.2) is 35.6 Å². The molecule has 30 heavy (non-hydrogen) atoms. The molecule has 0 amide bonds. The van der Waals surface area contributed by atoms with Gasteiger partial charge in [-0.25, -0.2) is 0 Å². The largest absolute Gasteiger partial charge is 0.382 e. The topological polar surface area (TPSA) is 28.2 Å². The van der Waals surface area contributed by atoms with Crippen LogP contribution in [0.3, 0.4) is 0 Å².